The van der Waals surface area contributed by atoms with Crippen molar-refractivity contribution in [1.82, 2.24) is 14.8 Å². The molecule has 0 aliphatic heterocycles. The molecule has 0 saturated heterocycles. The molecule has 1 aromatic heterocycles. The van der Waals surface area contributed by atoms with Crippen molar-refractivity contribution in [2.45, 2.75) is 38.6 Å². The maximum absolute atomic E-state index is 5.93. The number of rotatable bonds is 1. The van der Waals surface area contributed by atoms with Crippen molar-refractivity contribution in [3.63, 3.8) is 0 Å². The second kappa shape index (κ2) is 2.46. The van der Waals surface area contributed by atoms with E-state index in [9.17, 15) is 0 Å². The number of hydrogen-bond acceptors (Lipinski definition) is 2. The van der Waals surface area contributed by atoms with Crippen molar-refractivity contribution in [3.8, 4) is 0 Å². The quantitative estimate of drug-likeness (QED) is 0.671. The molecule has 0 aromatic carbocycles. The Morgan fingerprint density at radius 2 is 2.08 bits per heavy atom. The third-order valence-electron chi connectivity index (χ3n) is 2.76. The molecular weight excluding hydrogens is 174 g/mol. The molecule has 0 spiro atoms. The van der Waals surface area contributed by atoms with Crippen LogP contribution in [-0.4, -0.2) is 14.8 Å². The first-order valence-corrected chi connectivity index (χ1v) is 4.59. The van der Waals surface area contributed by atoms with Crippen LogP contribution in [0.4, 0.5) is 0 Å². The van der Waals surface area contributed by atoms with Gasteiger partial charge in [-0.05, 0) is 44.7 Å². The molecule has 0 unspecified atom stereocenters. The largest absolute Gasteiger partial charge is 0.296 e. The maximum Gasteiger partial charge on any atom is 0.225 e. The predicted molar refractivity (Wildman–Crippen MR) is 47.3 cm³/mol. The van der Waals surface area contributed by atoms with Gasteiger partial charge in [-0.2, -0.15) is 0 Å². The highest BCUT2D eigenvalue weighted by molar-refractivity contribution is 6.28. The molecule has 1 heterocycles. The van der Waals surface area contributed by atoms with E-state index < -0.39 is 0 Å². The van der Waals surface area contributed by atoms with Gasteiger partial charge in [0.25, 0.3) is 0 Å². The van der Waals surface area contributed by atoms with Crippen LogP contribution in [0.3, 0.4) is 0 Å². The Balaban J connectivity index is 2.44. The normalized spacial score (nSPS) is 20.6. The molecule has 4 heteroatoms. The SMILES string of the molecule is Cc1nnc(Cl)n1C1(C)CCC1. The highest BCUT2D eigenvalue weighted by Crippen LogP contribution is 2.40. The summed E-state index contributed by atoms with van der Waals surface area (Å²) in [6.07, 6.45) is 3.65. The Bertz CT molecular complexity index is 282. The van der Waals surface area contributed by atoms with Crippen LogP contribution >= 0.6 is 11.6 Å². The summed E-state index contributed by atoms with van der Waals surface area (Å²) in [5.74, 6) is 0.919. The Hall–Kier alpha value is -0.570. The van der Waals surface area contributed by atoms with E-state index in [1.165, 1.54) is 19.3 Å². The minimum Gasteiger partial charge on any atom is -0.296 e. The molecule has 2 rings (SSSR count). The molecule has 0 atom stereocenters. The highest BCUT2D eigenvalue weighted by Gasteiger charge is 2.36. The van der Waals surface area contributed by atoms with E-state index in [2.05, 4.69) is 17.1 Å². The standard InChI is InChI=1S/C8H12ClN3/c1-6-10-11-7(9)12(6)8(2)4-3-5-8/h3-5H2,1-2H3. The Morgan fingerprint density at radius 3 is 2.42 bits per heavy atom. The Morgan fingerprint density at radius 1 is 1.42 bits per heavy atom. The molecule has 1 fully saturated rings. The fourth-order valence-corrected chi connectivity index (χ4v) is 2.23. The summed E-state index contributed by atoms with van der Waals surface area (Å²) >= 11 is 5.93. The first kappa shape index (κ1) is 8.05. The zero-order valence-electron chi connectivity index (χ0n) is 7.34. The van der Waals surface area contributed by atoms with Gasteiger partial charge in [-0.25, -0.2) is 0 Å². The van der Waals surface area contributed by atoms with E-state index in [1.54, 1.807) is 0 Å². The van der Waals surface area contributed by atoms with Gasteiger partial charge in [0.2, 0.25) is 5.28 Å². The molecule has 66 valence electrons. The highest BCUT2D eigenvalue weighted by atomic mass is 35.5. The van der Waals surface area contributed by atoms with Gasteiger partial charge in [0.1, 0.15) is 5.82 Å². The number of aromatic nitrogens is 3. The van der Waals surface area contributed by atoms with E-state index in [1.807, 2.05) is 11.5 Å². The van der Waals surface area contributed by atoms with E-state index in [0.717, 1.165) is 5.82 Å². The summed E-state index contributed by atoms with van der Waals surface area (Å²) in [7, 11) is 0. The fraction of sp³-hybridized carbons (Fsp3) is 0.750. The van der Waals surface area contributed by atoms with Crippen LogP contribution in [0.1, 0.15) is 32.0 Å². The van der Waals surface area contributed by atoms with Crippen molar-refractivity contribution in [2.24, 2.45) is 0 Å². The lowest BCUT2D eigenvalue weighted by Gasteiger charge is -2.40. The van der Waals surface area contributed by atoms with Crippen molar-refractivity contribution in [3.05, 3.63) is 11.1 Å². The summed E-state index contributed by atoms with van der Waals surface area (Å²) in [6.45, 7) is 4.15. The molecule has 1 aliphatic rings. The van der Waals surface area contributed by atoms with Gasteiger partial charge >= 0.3 is 0 Å². The molecule has 0 N–H and O–H groups in total. The second-order valence-corrected chi connectivity index (χ2v) is 4.04. The van der Waals surface area contributed by atoms with Crippen LogP contribution in [0.5, 0.6) is 0 Å². The third kappa shape index (κ3) is 0.959. The van der Waals surface area contributed by atoms with Crippen LogP contribution < -0.4 is 0 Å². The lowest BCUT2D eigenvalue weighted by Crippen LogP contribution is -2.38. The lowest BCUT2D eigenvalue weighted by atomic mass is 9.78. The first-order valence-electron chi connectivity index (χ1n) is 4.21. The maximum atomic E-state index is 5.93. The van der Waals surface area contributed by atoms with Gasteiger partial charge in [-0.1, -0.05) is 0 Å². The summed E-state index contributed by atoms with van der Waals surface area (Å²) < 4.78 is 2.04. The molecule has 3 nitrogen and oxygen atoms in total. The van der Waals surface area contributed by atoms with Gasteiger partial charge < -0.3 is 0 Å². The smallest absolute Gasteiger partial charge is 0.225 e. The van der Waals surface area contributed by atoms with Gasteiger partial charge in [0.05, 0.1) is 0 Å². The fourth-order valence-electron chi connectivity index (χ4n) is 1.86. The van der Waals surface area contributed by atoms with Gasteiger partial charge in [0.15, 0.2) is 0 Å². The van der Waals surface area contributed by atoms with Crippen LogP contribution in [0.2, 0.25) is 5.28 Å². The zero-order valence-corrected chi connectivity index (χ0v) is 8.10. The zero-order chi connectivity index (χ0) is 8.77. The summed E-state index contributed by atoms with van der Waals surface area (Å²) in [5.41, 5.74) is 0.185. The summed E-state index contributed by atoms with van der Waals surface area (Å²) in [4.78, 5) is 0. The van der Waals surface area contributed by atoms with E-state index in [4.69, 9.17) is 11.6 Å². The van der Waals surface area contributed by atoms with Gasteiger partial charge in [-0.15, -0.1) is 10.2 Å². The second-order valence-electron chi connectivity index (χ2n) is 3.70. The average Bonchev–Trinajstić information content (AvgIpc) is 2.27. The number of aryl methyl sites for hydroxylation is 1. The molecular formula is C8H12ClN3. The van der Waals surface area contributed by atoms with E-state index in [0.29, 0.717) is 5.28 Å². The van der Waals surface area contributed by atoms with Crippen molar-refractivity contribution in [1.29, 1.82) is 0 Å². The summed E-state index contributed by atoms with van der Waals surface area (Å²) in [5, 5.41) is 8.31. The van der Waals surface area contributed by atoms with Crippen molar-refractivity contribution < 1.29 is 0 Å². The minimum absolute atomic E-state index is 0.185. The summed E-state index contributed by atoms with van der Waals surface area (Å²) in [6, 6.07) is 0. The molecule has 1 saturated carbocycles. The van der Waals surface area contributed by atoms with Gasteiger partial charge in [0, 0.05) is 5.54 Å². The Labute approximate surface area is 76.7 Å². The average molecular weight is 186 g/mol. The van der Waals surface area contributed by atoms with Crippen molar-refractivity contribution >= 4 is 11.6 Å². The molecule has 1 aromatic rings. The predicted octanol–water partition coefficient (Wildman–Crippen LogP) is 2.14. The van der Waals surface area contributed by atoms with Crippen molar-refractivity contribution in [2.75, 3.05) is 0 Å². The van der Waals surface area contributed by atoms with E-state index in [-0.39, 0.29) is 5.54 Å². The third-order valence-corrected chi connectivity index (χ3v) is 3.00. The number of halogens is 1. The Kier molecular flexibility index (Phi) is 1.65. The molecule has 0 radical (unpaired) electrons. The van der Waals surface area contributed by atoms with Crippen LogP contribution in [0.25, 0.3) is 0 Å². The minimum atomic E-state index is 0.185. The van der Waals surface area contributed by atoms with Crippen LogP contribution in [-0.2, 0) is 5.54 Å². The first-order chi connectivity index (χ1) is 5.63. The van der Waals surface area contributed by atoms with Crippen LogP contribution in [0, 0.1) is 6.92 Å². The molecule has 1 aliphatic carbocycles. The van der Waals surface area contributed by atoms with E-state index >= 15 is 0 Å². The molecule has 0 amide bonds. The molecule has 0 bridgehead atoms. The monoisotopic (exact) mass is 185 g/mol. The topological polar surface area (TPSA) is 30.7 Å². The van der Waals surface area contributed by atoms with Gasteiger partial charge in [-0.3, -0.25) is 4.57 Å². The number of nitrogens with zero attached hydrogens (tertiary/aromatic N) is 3. The lowest BCUT2D eigenvalue weighted by molar-refractivity contribution is 0.165. The molecule has 12 heavy (non-hydrogen) atoms. The number of hydrogen-bond donors (Lipinski definition) is 0. The van der Waals surface area contributed by atoms with Crippen LogP contribution in [0.15, 0.2) is 0 Å².